The molecule has 4 aromatic rings. The van der Waals surface area contributed by atoms with E-state index in [2.05, 4.69) is 9.97 Å². The van der Waals surface area contributed by atoms with Crippen molar-refractivity contribution < 1.29 is 47.4 Å². The number of hydrogen-bond acceptors (Lipinski definition) is 2. The second kappa shape index (κ2) is 8.58. The zero-order valence-corrected chi connectivity index (χ0v) is 18.6. The topological polar surface area (TPSA) is 35.6 Å². The fourth-order valence-electron chi connectivity index (χ4n) is 3.01. The first-order valence-corrected chi connectivity index (χ1v) is 8.86. The number of aromatic nitrogens is 4. The van der Waals surface area contributed by atoms with E-state index in [0.29, 0.717) is 20.5 Å². The molecule has 168 valence electrons. The largest absolute Gasteiger partial charge is 2.00 e. The predicted octanol–water partition coefficient (Wildman–Crippen LogP) is 4.82. The number of pyridine rings is 2. The van der Waals surface area contributed by atoms with Crippen LogP contribution in [0.4, 0.5) is 26.3 Å². The summed E-state index contributed by atoms with van der Waals surface area (Å²) in [7, 11) is 0. The van der Waals surface area contributed by atoms with E-state index in [4.69, 9.17) is 0 Å². The zero-order valence-electron chi connectivity index (χ0n) is 16.3. The Balaban J connectivity index is 0.00000289. The van der Waals surface area contributed by atoms with Crippen LogP contribution in [0.3, 0.4) is 0 Å². The quantitative estimate of drug-likeness (QED) is 0.240. The molecule has 0 spiro atoms. The number of nitrogens with zero attached hydrogens (tertiary/aromatic N) is 4. The molecule has 0 radical (unpaired) electrons. The smallest absolute Gasteiger partial charge is 0.401 e. The van der Waals surface area contributed by atoms with Gasteiger partial charge >= 0.3 is 21.1 Å². The third-order valence-electron chi connectivity index (χ3n) is 4.77. The van der Waals surface area contributed by atoms with Crippen LogP contribution in [0.5, 0.6) is 0 Å². The van der Waals surface area contributed by atoms with Gasteiger partial charge in [-0.1, -0.05) is 24.3 Å². The summed E-state index contributed by atoms with van der Waals surface area (Å²) in [4.78, 5) is 8.51. The molecule has 0 amide bonds. The molecule has 32 heavy (non-hydrogen) atoms. The molecule has 0 aromatic carbocycles. The summed E-state index contributed by atoms with van der Waals surface area (Å²) < 4.78 is 82.3. The fraction of sp³-hybridized carbons (Fsp3) is 0.143. The van der Waals surface area contributed by atoms with Crippen molar-refractivity contribution in [3.05, 3.63) is 95.3 Å². The van der Waals surface area contributed by atoms with Gasteiger partial charge in [-0.25, -0.2) is 8.78 Å². The molecular formula is C21H12F6N4Pt. The van der Waals surface area contributed by atoms with Gasteiger partial charge in [-0.05, 0) is 38.4 Å². The molecule has 4 nitrogen and oxygen atoms in total. The monoisotopic (exact) mass is 629 g/mol. The van der Waals surface area contributed by atoms with Crippen LogP contribution < -0.4 is 0 Å². The minimum absolute atomic E-state index is 0. The van der Waals surface area contributed by atoms with E-state index >= 15 is 0 Å². The van der Waals surface area contributed by atoms with Crippen LogP contribution in [0.1, 0.15) is 25.2 Å². The third kappa shape index (κ3) is 3.88. The van der Waals surface area contributed by atoms with Crippen molar-refractivity contribution in [1.29, 1.82) is 0 Å². The molecule has 4 heterocycles. The molecule has 0 N–H and O–H groups in total. The van der Waals surface area contributed by atoms with Crippen LogP contribution in [0.25, 0.3) is 11.6 Å². The van der Waals surface area contributed by atoms with E-state index in [-0.39, 0.29) is 32.7 Å². The SMILES string of the molecule is CC(C)(c1cccc(-n2[c-]c(F)c(F)c2F)n1)c1cccc(-n2[c-]c(F)c(F)c2F)n1.[Pt+2]. The van der Waals surface area contributed by atoms with Crippen molar-refractivity contribution in [3.63, 3.8) is 0 Å². The van der Waals surface area contributed by atoms with Gasteiger partial charge in [0.05, 0.1) is 34.9 Å². The molecule has 4 rings (SSSR count). The van der Waals surface area contributed by atoms with Crippen molar-refractivity contribution >= 4 is 0 Å². The Bertz CT molecular complexity index is 1200. The first kappa shape index (κ1) is 23.8. The van der Waals surface area contributed by atoms with E-state index in [1.807, 2.05) is 12.4 Å². The van der Waals surface area contributed by atoms with Gasteiger partial charge < -0.3 is 9.13 Å². The summed E-state index contributed by atoms with van der Waals surface area (Å²) in [5, 5.41) is 0. The van der Waals surface area contributed by atoms with Gasteiger partial charge in [-0.15, -0.1) is 0 Å². The van der Waals surface area contributed by atoms with Gasteiger partial charge in [0.15, 0.2) is 0 Å². The van der Waals surface area contributed by atoms with Crippen LogP contribution in [0.2, 0.25) is 0 Å². The van der Waals surface area contributed by atoms with E-state index in [9.17, 15) is 26.3 Å². The van der Waals surface area contributed by atoms with Gasteiger partial charge in [-0.2, -0.15) is 0 Å². The Morgan fingerprint density at radius 3 is 1.38 bits per heavy atom. The summed E-state index contributed by atoms with van der Waals surface area (Å²) >= 11 is 0. The summed E-state index contributed by atoms with van der Waals surface area (Å²) in [6.07, 6.45) is 3.79. The second-order valence-electron chi connectivity index (χ2n) is 7.12. The molecule has 11 heteroatoms. The van der Waals surface area contributed by atoms with E-state index < -0.39 is 40.6 Å². The van der Waals surface area contributed by atoms with Gasteiger partial charge in [-0.3, -0.25) is 27.5 Å². The average molecular weight is 629 g/mol. The van der Waals surface area contributed by atoms with Gasteiger partial charge in [0, 0.05) is 16.8 Å². The van der Waals surface area contributed by atoms with Gasteiger partial charge in [0.2, 0.25) is 0 Å². The standard InChI is InChI=1S/C21H12F6N4.Pt/c1-21(2,13-5-3-7-15(28-13)30-9-11(22)17(24)19(30)26)14-6-4-8-16(29-14)31-10-12(23)18(25)20(31)27;/h3-8H,1-2H3;/q-2;+2. The number of halogens is 6. The molecule has 0 aliphatic heterocycles. The van der Waals surface area contributed by atoms with Crippen LogP contribution in [0.15, 0.2) is 36.4 Å². The number of rotatable bonds is 4. The molecule has 0 aliphatic rings. The Morgan fingerprint density at radius 1 is 0.688 bits per heavy atom. The normalized spacial score (nSPS) is 11.5. The number of hydrogen-bond donors (Lipinski definition) is 0. The predicted molar refractivity (Wildman–Crippen MR) is 96.7 cm³/mol. The minimum Gasteiger partial charge on any atom is -0.401 e. The fourth-order valence-corrected chi connectivity index (χ4v) is 3.01. The van der Waals surface area contributed by atoms with Crippen molar-refractivity contribution in [2.24, 2.45) is 0 Å². The molecule has 0 atom stereocenters. The molecule has 4 aromatic heterocycles. The summed E-state index contributed by atoms with van der Waals surface area (Å²) in [6.45, 7) is 3.39. The third-order valence-corrected chi connectivity index (χ3v) is 4.77. The van der Waals surface area contributed by atoms with Gasteiger partial charge in [0.25, 0.3) is 0 Å². The maximum absolute atomic E-state index is 13.9. The Morgan fingerprint density at radius 2 is 1.06 bits per heavy atom. The summed E-state index contributed by atoms with van der Waals surface area (Å²) in [5.41, 5.74) is -0.328. The van der Waals surface area contributed by atoms with Crippen molar-refractivity contribution in [1.82, 2.24) is 19.1 Å². The maximum atomic E-state index is 13.9. The van der Waals surface area contributed by atoms with Crippen LogP contribution in [-0.4, -0.2) is 19.1 Å². The average Bonchev–Trinajstić information content (AvgIpc) is 3.18. The summed E-state index contributed by atoms with van der Waals surface area (Å²) in [6, 6.07) is 8.81. The Hall–Kier alpha value is -2.87. The molecule has 0 fully saturated rings. The van der Waals surface area contributed by atoms with Crippen molar-refractivity contribution in [3.8, 4) is 11.6 Å². The zero-order chi connectivity index (χ0) is 22.5. The van der Waals surface area contributed by atoms with E-state index in [1.54, 1.807) is 26.0 Å². The van der Waals surface area contributed by atoms with Gasteiger partial charge in [0.1, 0.15) is 11.9 Å². The molecule has 0 saturated heterocycles. The van der Waals surface area contributed by atoms with Crippen LogP contribution >= 0.6 is 0 Å². The molecule has 0 aliphatic carbocycles. The first-order valence-electron chi connectivity index (χ1n) is 8.86. The first-order chi connectivity index (χ1) is 14.6. The Kier molecular flexibility index (Phi) is 6.37. The molecule has 0 saturated carbocycles. The Labute approximate surface area is 192 Å². The second-order valence-corrected chi connectivity index (χ2v) is 7.12. The summed E-state index contributed by atoms with van der Waals surface area (Å²) in [5.74, 6) is -9.54. The van der Waals surface area contributed by atoms with E-state index in [1.165, 1.54) is 24.3 Å². The van der Waals surface area contributed by atoms with Crippen LogP contribution in [0, 0.1) is 47.6 Å². The maximum Gasteiger partial charge on any atom is 2.00 e. The molecule has 0 bridgehead atoms. The molecular weight excluding hydrogens is 617 g/mol. The van der Waals surface area contributed by atoms with Crippen molar-refractivity contribution in [2.45, 2.75) is 19.3 Å². The van der Waals surface area contributed by atoms with Crippen LogP contribution in [-0.2, 0) is 26.5 Å². The minimum atomic E-state index is -1.68. The molecule has 0 unspecified atom stereocenters. The van der Waals surface area contributed by atoms with E-state index in [0.717, 1.165) is 0 Å². The van der Waals surface area contributed by atoms with Crippen molar-refractivity contribution in [2.75, 3.05) is 0 Å².